The Labute approximate surface area is 358 Å². The lowest BCUT2D eigenvalue weighted by atomic mass is 9.55. The van der Waals surface area contributed by atoms with E-state index in [-0.39, 0.29) is 68.2 Å². The van der Waals surface area contributed by atoms with Gasteiger partial charge in [0.05, 0.1) is 23.2 Å². The van der Waals surface area contributed by atoms with Gasteiger partial charge in [0.2, 0.25) is 11.7 Å². The Morgan fingerprint density at radius 3 is 2.52 bits per heavy atom. The molecule has 2 heterocycles. The van der Waals surface area contributed by atoms with Crippen LogP contribution >= 0.6 is 0 Å². The molecule has 3 N–H and O–H groups in total. The van der Waals surface area contributed by atoms with Crippen LogP contribution in [0.1, 0.15) is 81.3 Å². The number of nitro groups is 1. The standard InChI is InChI=1S/C46H61N5O10/c1-4-26-58-35-19-20-40-38(29-35)43-36(13-7-9-25-53)33(12-6-8-24-52)28-37-39(48-60-31-32-15-17-34(18-16-32)51(56)57)30-41(46(61-40,44(37)43)59-27-5-2)49(3)45(55)47-21-11-23-50-22-10-14-42(50)54/h4-5,15-20,28-29,33,36,41,43-44,52-53H,1-2,6-14,21-27,30-31H2,3H3,(H,47,55)/t33-,36+,41-,43+,44+,46+/m0/s1. The smallest absolute Gasteiger partial charge is 0.317 e. The summed E-state index contributed by atoms with van der Waals surface area (Å²) in [5.74, 6) is -0.654. The number of oxime groups is 1. The molecular formula is C46H61N5O10. The number of allylic oxidation sites excluding steroid dienone is 1. The topological polar surface area (TPSA) is 186 Å². The van der Waals surface area contributed by atoms with Crippen molar-refractivity contribution in [2.45, 2.75) is 88.6 Å². The molecule has 0 unspecified atom stereocenters. The van der Waals surface area contributed by atoms with E-state index in [0.29, 0.717) is 68.2 Å². The number of nitrogens with one attached hydrogen (secondary N) is 1. The van der Waals surface area contributed by atoms with Crippen molar-refractivity contribution >= 4 is 23.3 Å². The van der Waals surface area contributed by atoms with Crippen LogP contribution in [-0.4, -0.2) is 108 Å². The highest BCUT2D eigenvalue weighted by Gasteiger charge is 2.65. The number of carbonyl (C=O) groups excluding carboxylic acids is 2. The van der Waals surface area contributed by atoms with Crippen LogP contribution in [0.3, 0.4) is 0 Å². The van der Waals surface area contributed by atoms with Crippen molar-refractivity contribution in [2.75, 3.05) is 53.1 Å². The van der Waals surface area contributed by atoms with Crippen molar-refractivity contribution in [1.29, 1.82) is 0 Å². The number of hydrogen-bond acceptors (Lipinski definition) is 11. The van der Waals surface area contributed by atoms with Crippen LogP contribution in [0.2, 0.25) is 0 Å². The summed E-state index contributed by atoms with van der Waals surface area (Å²) in [7, 11) is 1.73. The lowest BCUT2D eigenvalue weighted by Gasteiger charge is -2.59. The van der Waals surface area contributed by atoms with Gasteiger partial charge in [-0.2, -0.15) is 0 Å². The molecule has 2 aromatic rings. The molecule has 2 aromatic carbocycles. The first-order valence-electron chi connectivity index (χ1n) is 21.6. The van der Waals surface area contributed by atoms with E-state index in [1.807, 2.05) is 23.1 Å². The fourth-order valence-corrected chi connectivity index (χ4v) is 9.54. The third-order valence-electron chi connectivity index (χ3n) is 12.4. The number of urea groups is 1. The molecule has 6 atom stereocenters. The quantitative estimate of drug-likeness (QED) is 0.0474. The number of fused-ring (bicyclic) bond motifs is 2. The molecule has 4 aliphatic rings. The average molecular weight is 844 g/mol. The van der Waals surface area contributed by atoms with Crippen molar-refractivity contribution in [3.63, 3.8) is 0 Å². The molecule has 2 aliphatic heterocycles. The van der Waals surface area contributed by atoms with Gasteiger partial charge in [-0.1, -0.05) is 42.8 Å². The predicted octanol–water partition coefficient (Wildman–Crippen LogP) is 6.65. The summed E-state index contributed by atoms with van der Waals surface area (Å²) in [5, 5.41) is 38.9. The monoisotopic (exact) mass is 843 g/mol. The number of likely N-dealkylation sites (tertiary alicyclic amines) is 1. The van der Waals surface area contributed by atoms with Crippen molar-refractivity contribution in [1.82, 2.24) is 15.1 Å². The maximum Gasteiger partial charge on any atom is 0.317 e. The minimum absolute atomic E-state index is 0.0262. The number of amides is 3. The molecule has 330 valence electrons. The van der Waals surface area contributed by atoms with Crippen LogP contribution in [0.5, 0.6) is 11.5 Å². The van der Waals surface area contributed by atoms with E-state index < -0.39 is 22.7 Å². The molecule has 2 fully saturated rings. The number of likely N-dealkylation sites (N-methyl/N-ethyl adjacent to an activating group) is 1. The summed E-state index contributed by atoms with van der Waals surface area (Å²) in [6.45, 7) is 10.1. The number of aliphatic hydroxyl groups is 2. The Balaban J connectivity index is 1.45. The first-order chi connectivity index (χ1) is 29.6. The SMILES string of the molecule is C=CCOc1ccc2c(c1)[C@H]1[C@H](CCCCO)[C@@H](CCCCO)C=C3C(=NOCc4ccc([N+](=O)[O-])cc4)C[C@H](N(C)C(=O)NCCCN4CCCC4=O)[C@@](OCC=C)(O2)[C@H]31. The zero-order chi connectivity index (χ0) is 43.4. The first kappa shape index (κ1) is 45.3. The second kappa shape index (κ2) is 21.5. The molecule has 3 amide bonds. The first-order valence-corrected chi connectivity index (χ1v) is 21.6. The van der Waals surface area contributed by atoms with Gasteiger partial charge in [0.1, 0.15) is 30.8 Å². The highest BCUT2D eigenvalue weighted by atomic mass is 16.7. The minimum Gasteiger partial charge on any atom is -0.490 e. The number of unbranched alkanes of at least 4 members (excludes halogenated alkanes) is 2. The zero-order valence-corrected chi connectivity index (χ0v) is 35.3. The summed E-state index contributed by atoms with van der Waals surface area (Å²) >= 11 is 0. The second-order valence-electron chi connectivity index (χ2n) is 16.3. The maximum absolute atomic E-state index is 14.2. The predicted molar refractivity (Wildman–Crippen MR) is 230 cm³/mol. The summed E-state index contributed by atoms with van der Waals surface area (Å²) < 4.78 is 20.2. The van der Waals surface area contributed by atoms with E-state index in [2.05, 4.69) is 24.6 Å². The summed E-state index contributed by atoms with van der Waals surface area (Å²) in [6, 6.07) is 10.8. The molecule has 61 heavy (non-hydrogen) atoms. The molecule has 15 nitrogen and oxygen atoms in total. The highest BCUT2D eigenvalue weighted by molar-refractivity contribution is 6.03. The van der Waals surface area contributed by atoms with Gasteiger partial charge >= 0.3 is 6.03 Å². The van der Waals surface area contributed by atoms with Crippen LogP contribution in [0, 0.1) is 27.9 Å². The largest absolute Gasteiger partial charge is 0.490 e. The third kappa shape index (κ3) is 10.4. The number of aliphatic hydroxyl groups excluding tert-OH is 2. The molecule has 0 bridgehead atoms. The van der Waals surface area contributed by atoms with E-state index in [4.69, 9.17) is 24.2 Å². The summed E-state index contributed by atoms with van der Waals surface area (Å²) in [5.41, 5.74) is 3.11. The Hall–Kier alpha value is -5.25. The molecule has 15 heteroatoms. The Kier molecular flexibility index (Phi) is 16.0. The van der Waals surface area contributed by atoms with Crippen molar-refractivity contribution in [3.8, 4) is 11.5 Å². The lowest BCUT2D eigenvalue weighted by Crippen LogP contribution is -2.70. The van der Waals surface area contributed by atoms with Crippen LogP contribution in [0.25, 0.3) is 0 Å². The van der Waals surface area contributed by atoms with Gasteiger partial charge in [0.15, 0.2) is 0 Å². The van der Waals surface area contributed by atoms with Crippen molar-refractivity contribution < 1.29 is 43.8 Å². The number of ether oxygens (including phenoxy) is 3. The number of benzene rings is 2. The van der Waals surface area contributed by atoms with Crippen LogP contribution in [0.15, 0.2) is 84.6 Å². The fraction of sp³-hybridized carbons (Fsp3) is 0.543. The van der Waals surface area contributed by atoms with Crippen LogP contribution < -0.4 is 14.8 Å². The number of nitro benzene ring substituents is 1. The zero-order valence-electron chi connectivity index (χ0n) is 35.3. The van der Waals surface area contributed by atoms with Gasteiger partial charge in [-0.05, 0) is 91.8 Å². The van der Waals surface area contributed by atoms with E-state index in [1.54, 1.807) is 36.2 Å². The lowest BCUT2D eigenvalue weighted by molar-refractivity contribution is -0.384. The van der Waals surface area contributed by atoms with Gasteiger partial charge in [-0.3, -0.25) is 14.9 Å². The molecule has 2 aliphatic carbocycles. The number of rotatable bonds is 23. The van der Waals surface area contributed by atoms with Crippen molar-refractivity contribution in [3.05, 3.63) is 101 Å². The van der Waals surface area contributed by atoms with Gasteiger partial charge in [-0.25, -0.2) is 4.79 Å². The fourth-order valence-electron chi connectivity index (χ4n) is 9.54. The number of non-ortho nitro benzene ring substituents is 1. The van der Waals surface area contributed by atoms with Gasteiger partial charge < -0.3 is 44.4 Å². The Morgan fingerprint density at radius 1 is 1.08 bits per heavy atom. The number of nitrogens with zero attached hydrogens (tertiary/aromatic N) is 4. The van der Waals surface area contributed by atoms with E-state index in [9.17, 15) is 29.9 Å². The van der Waals surface area contributed by atoms with E-state index >= 15 is 0 Å². The molecule has 1 saturated carbocycles. The molecule has 0 radical (unpaired) electrons. The van der Waals surface area contributed by atoms with E-state index in [0.717, 1.165) is 49.8 Å². The molecule has 6 rings (SSSR count). The van der Waals surface area contributed by atoms with Gasteiger partial charge in [0.25, 0.3) is 5.69 Å². The highest BCUT2D eigenvalue weighted by Crippen LogP contribution is 2.61. The molecule has 0 spiro atoms. The van der Waals surface area contributed by atoms with Crippen LogP contribution in [0.4, 0.5) is 10.5 Å². The normalized spacial score (nSPS) is 24.5. The third-order valence-corrected chi connectivity index (χ3v) is 12.4. The molecular weight excluding hydrogens is 783 g/mol. The summed E-state index contributed by atoms with van der Waals surface area (Å²) in [6.07, 6.45) is 12.3. The Bertz CT molecular complexity index is 1920. The second-order valence-corrected chi connectivity index (χ2v) is 16.3. The molecule has 1 saturated heterocycles. The maximum atomic E-state index is 14.2. The molecule has 0 aromatic heterocycles. The average Bonchev–Trinajstić information content (AvgIpc) is 3.68. The van der Waals surface area contributed by atoms with Gasteiger partial charge in [-0.15, -0.1) is 6.58 Å². The Morgan fingerprint density at radius 2 is 1.84 bits per heavy atom. The number of carbonyl (C=O) groups is 2. The minimum atomic E-state index is -1.42. The van der Waals surface area contributed by atoms with Crippen molar-refractivity contribution in [2.24, 2.45) is 22.9 Å². The van der Waals surface area contributed by atoms with Gasteiger partial charge in [0, 0.05) is 76.4 Å². The summed E-state index contributed by atoms with van der Waals surface area (Å²) in [4.78, 5) is 46.9. The van der Waals surface area contributed by atoms with Crippen LogP contribution in [-0.2, 0) is 21.0 Å². The van der Waals surface area contributed by atoms with E-state index in [1.165, 1.54) is 12.1 Å². The number of hydrogen-bond donors (Lipinski definition) is 3.